The fourth-order valence-electron chi connectivity index (χ4n) is 2.85. The van der Waals surface area contributed by atoms with Crippen molar-refractivity contribution < 1.29 is 14.3 Å². The molecule has 0 radical (unpaired) electrons. The number of carbonyl (C=O) groups is 1. The molecule has 0 aromatic heterocycles. The summed E-state index contributed by atoms with van der Waals surface area (Å²) in [5, 5.41) is 9.22. The van der Waals surface area contributed by atoms with Crippen molar-refractivity contribution in [3.05, 3.63) is 0 Å². The summed E-state index contributed by atoms with van der Waals surface area (Å²) in [5.74, 6) is 0.143. The van der Waals surface area contributed by atoms with Crippen molar-refractivity contribution in [3.63, 3.8) is 0 Å². The number of carboxylic acids is 1. The van der Waals surface area contributed by atoms with Crippen molar-refractivity contribution in [2.45, 2.75) is 57.8 Å². The Morgan fingerprint density at radius 3 is 2.06 bits per heavy atom. The van der Waals surface area contributed by atoms with E-state index in [1.165, 1.54) is 0 Å². The van der Waals surface area contributed by atoms with E-state index in [0.29, 0.717) is 17.9 Å². The molecule has 0 bridgehead atoms. The van der Waals surface area contributed by atoms with Crippen LogP contribution in [0.15, 0.2) is 0 Å². The summed E-state index contributed by atoms with van der Waals surface area (Å²) in [6.45, 7) is 11.3. The predicted molar refractivity (Wildman–Crippen MR) is 69.4 cm³/mol. The molecule has 1 N–H and O–H groups in total. The highest BCUT2D eigenvalue weighted by atomic mass is 28.4. The molecular weight excluding hydrogens is 232 g/mol. The van der Waals surface area contributed by atoms with E-state index in [4.69, 9.17) is 9.53 Å². The summed E-state index contributed by atoms with van der Waals surface area (Å²) < 4.78 is 6.34. The largest absolute Gasteiger partial charge is 0.481 e. The van der Waals surface area contributed by atoms with E-state index in [-0.39, 0.29) is 11.0 Å². The van der Waals surface area contributed by atoms with Gasteiger partial charge in [0.25, 0.3) is 0 Å². The van der Waals surface area contributed by atoms with Crippen LogP contribution in [0.3, 0.4) is 0 Å². The van der Waals surface area contributed by atoms with E-state index in [2.05, 4.69) is 33.9 Å². The Kier molecular flexibility index (Phi) is 2.94. The molecule has 4 atom stereocenters. The Morgan fingerprint density at radius 2 is 1.71 bits per heavy atom. The number of fused-ring (bicyclic) bond motifs is 1. The summed E-state index contributed by atoms with van der Waals surface area (Å²) in [7, 11) is -1.68. The average Bonchev–Trinajstić information content (AvgIpc) is 2.62. The highest BCUT2D eigenvalue weighted by Gasteiger charge is 2.60. The molecule has 0 aromatic rings. The van der Waals surface area contributed by atoms with Crippen LogP contribution in [-0.2, 0) is 9.22 Å². The molecule has 4 heteroatoms. The van der Waals surface area contributed by atoms with Crippen molar-refractivity contribution in [3.8, 4) is 0 Å². The Labute approximate surface area is 105 Å². The molecule has 0 saturated heterocycles. The summed E-state index contributed by atoms with van der Waals surface area (Å²) in [6.07, 6.45) is 2.25. The molecule has 2 fully saturated rings. The summed E-state index contributed by atoms with van der Waals surface area (Å²) in [6, 6.07) is 0. The second-order valence-electron chi connectivity index (χ2n) is 7.16. The average molecular weight is 256 g/mol. The highest BCUT2D eigenvalue weighted by molar-refractivity contribution is 6.74. The topological polar surface area (TPSA) is 46.5 Å². The van der Waals surface area contributed by atoms with Crippen LogP contribution < -0.4 is 0 Å². The molecule has 0 spiro atoms. The van der Waals surface area contributed by atoms with Gasteiger partial charge in [0.15, 0.2) is 8.32 Å². The Balaban J connectivity index is 1.88. The minimum Gasteiger partial charge on any atom is -0.481 e. The normalized spacial score (nSPS) is 36.8. The number of hydrogen-bond acceptors (Lipinski definition) is 2. The number of hydrogen-bond donors (Lipinski definition) is 1. The maximum Gasteiger partial charge on any atom is 0.307 e. The van der Waals surface area contributed by atoms with Gasteiger partial charge in [0.1, 0.15) is 0 Å². The summed E-state index contributed by atoms with van der Waals surface area (Å²) >= 11 is 0. The third kappa shape index (κ3) is 2.29. The maximum atomic E-state index is 10.9. The molecular formula is C13H24O3Si. The second-order valence-corrected chi connectivity index (χ2v) is 11.9. The first-order chi connectivity index (χ1) is 7.63. The second kappa shape index (κ2) is 3.82. The predicted octanol–water partition coefficient (Wildman–Crippen LogP) is 3.12. The van der Waals surface area contributed by atoms with Gasteiger partial charge in [-0.05, 0) is 42.8 Å². The van der Waals surface area contributed by atoms with Gasteiger partial charge in [-0.15, -0.1) is 0 Å². The Bertz CT molecular complexity index is 320. The number of aliphatic carboxylic acids is 1. The van der Waals surface area contributed by atoms with Crippen molar-refractivity contribution in [2.75, 3.05) is 0 Å². The molecule has 0 aromatic carbocycles. The lowest BCUT2D eigenvalue weighted by atomic mass is 10.1. The monoisotopic (exact) mass is 256 g/mol. The zero-order valence-corrected chi connectivity index (χ0v) is 12.5. The van der Waals surface area contributed by atoms with Gasteiger partial charge in [-0.3, -0.25) is 4.79 Å². The van der Waals surface area contributed by atoms with Crippen LogP contribution in [0.1, 0.15) is 33.6 Å². The smallest absolute Gasteiger partial charge is 0.307 e. The van der Waals surface area contributed by atoms with Gasteiger partial charge in [0.2, 0.25) is 0 Å². The van der Waals surface area contributed by atoms with E-state index in [1.807, 2.05) is 0 Å². The van der Waals surface area contributed by atoms with Gasteiger partial charge in [0.05, 0.1) is 5.92 Å². The van der Waals surface area contributed by atoms with Crippen LogP contribution >= 0.6 is 0 Å². The first-order valence-corrected chi connectivity index (χ1v) is 9.45. The van der Waals surface area contributed by atoms with Gasteiger partial charge in [0, 0.05) is 6.10 Å². The van der Waals surface area contributed by atoms with Crippen LogP contribution in [0, 0.1) is 17.8 Å². The first-order valence-electron chi connectivity index (χ1n) is 6.54. The van der Waals surface area contributed by atoms with E-state index >= 15 is 0 Å². The molecule has 2 rings (SSSR count). The molecule has 98 valence electrons. The highest BCUT2D eigenvalue weighted by Crippen LogP contribution is 2.59. The molecule has 2 saturated carbocycles. The van der Waals surface area contributed by atoms with E-state index in [0.717, 1.165) is 12.8 Å². The van der Waals surface area contributed by atoms with E-state index in [9.17, 15) is 4.79 Å². The summed E-state index contributed by atoms with van der Waals surface area (Å²) in [4.78, 5) is 10.9. The van der Waals surface area contributed by atoms with Crippen molar-refractivity contribution >= 4 is 14.3 Å². The SMILES string of the molecule is CC(C)(C)[Si](C)(C)OC1C[C@@H]2C(C(=O)O)[C@@H]2C1. The third-order valence-electron chi connectivity index (χ3n) is 4.95. The Hall–Kier alpha value is -0.353. The van der Waals surface area contributed by atoms with Crippen molar-refractivity contribution in [1.29, 1.82) is 0 Å². The molecule has 17 heavy (non-hydrogen) atoms. The van der Waals surface area contributed by atoms with Crippen LogP contribution in [0.2, 0.25) is 18.1 Å². The van der Waals surface area contributed by atoms with Crippen LogP contribution in [0.5, 0.6) is 0 Å². The summed E-state index contributed by atoms with van der Waals surface area (Å²) in [5.41, 5.74) is 0. The third-order valence-corrected chi connectivity index (χ3v) is 9.49. The van der Waals surface area contributed by atoms with Gasteiger partial charge in [-0.2, -0.15) is 0 Å². The fraction of sp³-hybridized carbons (Fsp3) is 0.923. The van der Waals surface area contributed by atoms with Gasteiger partial charge in [-0.25, -0.2) is 0 Å². The minimum absolute atomic E-state index is 0.0609. The standard InChI is InChI=1S/C13H24O3Si/c1-13(2,3)17(4,5)16-8-6-9-10(7-8)11(9)12(14)15/h8-11H,6-7H2,1-5H3,(H,14,15)/t8?,9-,10+,11?. The van der Waals surface area contributed by atoms with Crippen LogP contribution in [-0.4, -0.2) is 25.5 Å². The quantitative estimate of drug-likeness (QED) is 0.789. The molecule has 0 aliphatic heterocycles. The van der Waals surface area contributed by atoms with Crippen molar-refractivity contribution in [2.24, 2.45) is 17.8 Å². The van der Waals surface area contributed by atoms with Gasteiger partial charge >= 0.3 is 5.97 Å². The minimum atomic E-state index is -1.68. The molecule has 2 unspecified atom stereocenters. The zero-order chi connectivity index (χ0) is 13.0. The van der Waals surface area contributed by atoms with Crippen molar-refractivity contribution in [1.82, 2.24) is 0 Å². The molecule has 2 aliphatic rings. The van der Waals surface area contributed by atoms with E-state index in [1.54, 1.807) is 0 Å². The lowest BCUT2D eigenvalue weighted by Gasteiger charge is -2.38. The lowest BCUT2D eigenvalue weighted by molar-refractivity contribution is -0.139. The van der Waals surface area contributed by atoms with Crippen LogP contribution in [0.4, 0.5) is 0 Å². The van der Waals surface area contributed by atoms with Gasteiger partial charge in [-0.1, -0.05) is 20.8 Å². The maximum absolute atomic E-state index is 10.9. The lowest BCUT2D eigenvalue weighted by Crippen LogP contribution is -2.43. The first kappa shape index (κ1) is 13.1. The molecule has 0 amide bonds. The Morgan fingerprint density at radius 1 is 1.24 bits per heavy atom. The van der Waals surface area contributed by atoms with Crippen LogP contribution in [0.25, 0.3) is 0 Å². The molecule has 2 aliphatic carbocycles. The zero-order valence-electron chi connectivity index (χ0n) is 11.5. The molecule has 0 heterocycles. The fourth-order valence-corrected chi connectivity index (χ4v) is 4.23. The molecule has 3 nitrogen and oxygen atoms in total. The number of rotatable bonds is 3. The van der Waals surface area contributed by atoms with E-state index < -0.39 is 14.3 Å². The number of carboxylic acid groups (broad SMARTS) is 1. The van der Waals surface area contributed by atoms with Gasteiger partial charge < -0.3 is 9.53 Å².